The smallest absolute Gasteiger partial charge is 0.321 e. The summed E-state index contributed by atoms with van der Waals surface area (Å²) in [5.74, 6) is -1.89. The van der Waals surface area contributed by atoms with Crippen LogP contribution in [0.4, 0.5) is 0 Å². The molecule has 0 radical (unpaired) electrons. The van der Waals surface area contributed by atoms with Crippen LogP contribution < -0.4 is 4.72 Å². The first-order valence-electron chi connectivity index (χ1n) is 5.80. The topological polar surface area (TPSA) is 144 Å². The van der Waals surface area contributed by atoms with E-state index >= 15 is 0 Å². The highest BCUT2D eigenvalue weighted by Crippen LogP contribution is 2.19. The van der Waals surface area contributed by atoms with Crippen molar-refractivity contribution in [1.29, 1.82) is 0 Å². The predicted octanol–water partition coefficient (Wildman–Crippen LogP) is -0.542. The summed E-state index contributed by atoms with van der Waals surface area (Å²) < 4.78 is 53.1. The fourth-order valence-electron chi connectivity index (χ4n) is 1.67. The van der Waals surface area contributed by atoms with E-state index in [0.29, 0.717) is 0 Å². The van der Waals surface area contributed by atoms with Crippen molar-refractivity contribution in [2.75, 3.05) is 12.0 Å². The van der Waals surface area contributed by atoms with Gasteiger partial charge in [0.25, 0.3) is 0 Å². The third-order valence-electron chi connectivity index (χ3n) is 2.61. The minimum atomic E-state index is -4.17. The van der Waals surface area contributed by atoms with Crippen molar-refractivity contribution in [3.63, 3.8) is 0 Å². The number of sulfonamides is 1. The van der Waals surface area contributed by atoms with Crippen LogP contribution in [0.2, 0.25) is 0 Å². The molecule has 1 heterocycles. The number of nitrogens with one attached hydrogen (secondary N) is 1. The summed E-state index contributed by atoms with van der Waals surface area (Å²) in [7, 11) is -7.58. The summed E-state index contributed by atoms with van der Waals surface area (Å²) in [4.78, 5) is 10.8. The molecule has 0 fully saturated rings. The second kappa shape index (κ2) is 6.12. The van der Waals surface area contributed by atoms with Crippen LogP contribution in [0.1, 0.15) is 17.9 Å². The van der Waals surface area contributed by atoms with Gasteiger partial charge in [0.05, 0.1) is 5.75 Å². The number of sulfone groups is 1. The molecule has 0 bridgehead atoms. The van der Waals surface area contributed by atoms with Gasteiger partial charge in [0, 0.05) is 6.26 Å². The summed E-state index contributed by atoms with van der Waals surface area (Å²) in [5, 5.41) is 12.5. The van der Waals surface area contributed by atoms with Crippen LogP contribution in [-0.4, -0.2) is 51.1 Å². The van der Waals surface area contributed by atoms with E-state index in [2.05, 4.69) is 5.16 Å². The monoisotopic (exact) mass is 340 g/mol. The fourth-order valence-corrected chi connectivity index (χ4v) is 3.89. The van der Waals surface area contributed by atoms with Gasteiger partial charge in [-0.1, -0.05) is 5.16 Å². The molecule has 0 aliphatic rings. The first kappa shape index (κ1) is 17.6. The van der Waals surface area contributed by atoms with Crippen LogP contribution >= 0.6 is 0 Å². The SMILES string of the molecule is Cc1noc(C)c1S(=O)(=O)NC(CCS(C)(=O)=O)C(=O)O. The molecule has 0 saturated carbocycles. The van der Waals surface area contributed by atoms with Gasteiger partial charge < -0.3 is 9.63 Å². The molecule has 1 unspecified atom stereocenters. The number of carboxylic acid groups (broad SMARTS) is 1. The van der Waals surface area contributed by atoms with Gasteiger partial charge in [0.15, 0.2) is 5.76 Å². The van der Waals surface area contributed by atoms with Gasteiger partial charge in [-0.25, -0.2) is 16.8 Å². The van der Waals surface area contributed by atoms with E-state index in [1.807, 2.05) is 4.72 Å². The first-order valence-corrected chi connectivity index (χ1v) is 9.34. The van der Waals surface area contributed by atoms with Crippen LogP contribution in [0.3, 0.4) is 0 Å². The Morgan fingerprint density at radius 3 is 2.29 bits per heavy atom. The molecule has 11 heteroatoms. The van der Waals surface area contributed by atoms with E-state index in [4.69, 9.17) is 9.63 Å². The molecule has 21 heavy (non-hydrogen) atoms. The largest absolute Gasteiger partial charge is 0.480 e. The standard InChI is InChI=1S/C10H16N2O7S2/c1-6-9(7(2)19-11-6)21(17,18)12-8(10(13)14)4-5-20(3,15)16/h8,12H,4-5H2,1-3H3,(H,13,14). The van der Waals surface area contributed by atoms with Crippen molar-refractivity contribution in [1.82, 2.24) is 9.88 Å². The molecule has 0 spiro atoms. The van der Waals surface area contributed by atoms with Gasteiger partial charge in [-0.2, -0.15) is 4.72 Å². The lowest BCUT2D eigenvalue weighted by Crippen LogP contribution is -2.42. The first-order chi connectivity index (χ1) is 9.44. The number of hydrogen-bond donors (Lipinski definition) is 2. The van der Waals surface area contributed by atoms with Crippen molar-refractivity contribution in [3.05, 3.63) is 11.5 Å². The molecular weight excluding hydrogens is 324 g/mol. The highest BCUT2D eigenvalue weighted by Gasteiger charge is 2.30. The molecule has 1 aromatic heterocycles. The number of aromatic nitrogens is 1. The van der Waals surface area contributed by atoms with Crippen molar-refractivity contribution in [2.24, 2.45) is 0 Å². The van der Waals surface area contributed by atoms with Crippen LogP contribution in [0.25, 0.3) is 0 Å². The second-order valence-electron chi connectivity index (χ2n) is 4.58. The van der Waals surface area contributed by atoms with E-state index in [-0.39, 0.29) is 22.8 Å². The molecule has 0 aromatic carbocycles. The number of aryl methyl sites for hydroxylation is 2. The quantitative estimate of drug-likeness (QED) is 0.673. The zero-order valence-electron chi connectivity index (χ0n) is 11.7. The van der Waals surface area contributed by atoms with Crippen LogP contribution in [0.5, 0.6) is 0 Å². The maximum absolute atomic E-state index is 12.2. The van der Waals surface area contributed by atoms with E-state index < -0.39 is 37.6 Å². The van der Waals surface area contributed by atoms with Crippen LogP contribution in [0, 0.1) is 13.8 Å². The van der Waals surface area contributed by atoms with Gasteiger partial charge in [-0.05, 0) is 20.3 Å². The minimum Gasteiger partial charge on any atom is -0.480 e. The minimum absolute atomic E-state index is 0.0206. The summed E-state index contributed by atoms with van der Waals surface area (Å²) >= 11 is 0. The molecule has 120 valence electrons. The fraction of sp³-hybridized carbons (Fsp3) is 0.600. The number of carbonyl (C=O) groups is 1. The van der Waals surface area contributed by atoms with E-state index in [1.165, 1.54) is 13.8 Å². The van der Waals surface area contributed by atoms with Crippen LogP contribution in [-0.2, 0) is 24.7 Å². The molecule has 0 saturated heterocycles. The van der Waals surface area contributed by atoms with Gasteiger partial charge in [0.2, 0.25) is 10.0 Å². The Morgan fingerprint density at radius 2 is 1.90 bits per heavy atom. The van der Waals surface area contributed by atoms with Crippen molar-refractivity contribution >= 4 is 25.8 Å². The lowest BCUT2D eigenvalue weighted by atomic mass is 10.2. The maximum Gasteiger partial charge on any atom is 0.321 e. The number of nitrogens with zero attached hydrogens (tertiary/aromatic N) is 1. The molecule has 0 amide bonds. The van der Waals surface area contributed by atoms with Crippen molar-refractivity contribution in [3.8, 4) is 0 Å². The number of carboxylic acids is 1. The summed E-state index contributed by atoms with van der Waals surface area (Å²) in [6, 6.07) is -1.56. The van der Waals surface area contributed by atoms with E-state index in [9.17, 15) is 21.6 Å². The molecule has 0 aliphatic carbocycles. The Morgan fingerprint density at radius 1 is 1.33 bits per heavy atom. The maximum atomic E-state index is 12.2. The Hall–Kier alpha value is -1.46. The summed E-state index contributed by atoms with van der Waals surface area (Å²) in [6.07, 6.45) is 0.561. The molecule has 1 rings (SSSR count). The van der Waals surface area contributed by atoms with Gasteiger partial charge >= 0.3 is 5.97 Å². The lowest BCUT2D eigenvalue weighted by Gasteiger charge is -2.14. The Labute approximate surface area is 122 Å². The van der Waals surface area contributed by atoms with Gasteiger partial charge in [0.1, 0.15) is 26.5 Å². The zero-order chi connectivity index (χ0) is 16.4. The van der Waals surface area contributed by atoms with Crippen molar-refractivity contribution < 1.29 is 31.3 Å². The highest BCUT2D eigenvalue weighted by atomic mass is 32.2. The Kier molecular flexibility index (Phi) is 5.12. The summed E-state index contributed by atoms with van der Waals surface area (Å²) in [6.45, 7) is 2.78. The Balaban J connectivity index is 3.01. The molecule has 2 N–H and O–H groups in total. The average Bonchev–Trinajstić information content (AvgIpc) is 2.63. The molecule has 9 nitrogen and oxygen atoms in total. The Bertz CT molecular complexity index is 714. The average molecular weight is 340 g/mol. The number of hydrogen-bond acceptors (Lipinski definition) is 7. The second-order valence-corrected chi connectivity index (χ2v) is 8.49. The molecule has 0 aliphatic heterocycles. The molecular formula is C10H16N2O7S2. The lowest BCUT2D eigenvalue weighted by molar-refractivity contribution is -0.139. The van der Waals surface area contributed by atoms with E-state index in [0.717, 1.165) is 6.26 Å². The number of aliphatic carboxylic acids is 1. The predicted molar refractivity (Wildman–Crippen MR) is 72.1 cm³/mol. The summed E-state index contributed by atoms with van der Waals surface area (Å²) in [5.41, 5.74) is 0.0900. The van der Waals surface area contributed by atoms with Gasteiger partial charge in [-0.15, -0.1) is 0 Å². The van der Waals surface area contributed by atoms with Crippen molar-refractivity contribution in [2.45, 2.75) is 31.2 Å². The molecule has 1 aromatic rings. The number of rotatable bonds is 7. The van der Waals surface area contributed by atoms with Gasteiger partial charge in [-0.3, -0.25) is 4.79 Å². The third-order valence-corrected chi connectivity index (χ3v) is 5.30. The highest BCUT2D eigenvalue weighted by molar-refractivity contribution is 7.90. The normalized spacial score (nSPS) is 14.0. The third kappa shape index (κ3) is 4.79. The van der Waals surface area contributed by atoms with E-state index in [1.54, 1.807) is 0 Å². The van der Waals surface area contributed by atoms with Crippen LogP contribution in [0.15, 0.2) is 9.42 Å². The zero-order valence-corrected chi connectivity index (χ0v) is 13.3. The molecule has 1 atom stereocenters.